The Morgan fingerprint density at radius 1 is 1.67 bits per heavy atom. The second-order valence-electron chi connectivity index (χ2n) is 2.84. The normalized spacial score (nSPS) is 9.93. The summed E-state index contributed by atoms with van der Waals surface area (Å²) in [6.07, 6.45) is 0.473. The number of methoxy groups -OCH3 is 1. The molecule has 0 aromatic carbocycles. The number of rotatable bonds is 6. The highest BCUT2D eigenvalue weighted by Gasteiger charge is 2.09. The standard InChI is InChI=1S/C9H12ClN3OS/c1-14-6-5-13(4-2-3-11)9-12-8(10)7-15-9/h7H,2,4-6H2,1H3. The zero-order chi connectivity index (χ0) is 11.1. The Morgan fingerprint density at radius 2 is 2.47 bits per heavy atom. The van der Waals surface area contributed by atoms with E-state index in [4.69, 9.17) is 21.6 Å². The largest absolute Gasteiger partial charge is 0.383 e. The lowest BCUT2D eigenvalue weighted by Crippen LogP contribution is -2.27. The molecule has 0 N–H and O–H groups in total. The molecule has 0 saturated heterocycles. The van der Waals surface area contributed by atoms with Crippen molar-refractivity contribution in [1.29, 1.82) is 5.26 Å². The SMILES string of the molecule is COCCN(CCC#N)c1nc(Cl)cs1. The predicted octanol–water partition coefficient (Wildman–Crippen LogP) is 2.16. The smallest absolute Gasteiger partial charge is 0.186 e. The summed E-state index contributed by atoms with van der Waals surface area (Å²) in [5, 5.41) is 11.7. The minimum atomic E-state index is 0.473. The summed E-state index contributed by atoms with van der Waals surface area (Å²) in [5.41, 5.74) is 0. The van der Waals surface area contributed by atoms with Crippen LogP contribution in [-0.2, 0) is 4.74 Å². The van der Waals surface area contributed by atoms with Gasteiger partial charge in [0.1, 0.15) is 5.15 Å². The third-order valence-electron chi connectivity index (χ3n) is 1.79. The molecule has 0 spiro atoms. The molecule has 0 fully saturated rings. The van der Waals surface area contributed by atoms with Crippen molar-refractivity contribution in [3.63, 3.8) is 0 Å². The van der Waals surface area contributed by atoms with Crippen molar-refractivity contribution in [1.82, 2.24) is 4.98 Å². The Hall–Kier alpha value is -0.830. The molecule has 0 aliphatic carbocycles. The molecule has 15 heavy (non-hydrogen) atoms. The van der Waals surface area contributed by atoms with Crippen LogP contribution in [0.2, 0.25) is 5.15 Å². The fourth-order valence-electron chi connectivity index (χ4n) is 1.08. The molecule has 1 rings (SSSR count). The molecule has 0 unspecified atom stereocenters. The molecule has 0 radical (unpaired) electrons. The number of thiazole rings is 1. The van der Waals surface area contributed by atoms with Crippen LogP contribution in [-0.4, -0.2) is 31.8 Å². The van der Waals surface area contributed by atoms with Crippen molar-refractivity contribution in [2.75, 3.05) is 31.7 Å². The highest BCUT2D eigenvalue weighted by molar-refractivity contribution is 7.14. The van der Waals surface area contributed by atoms with Crippen LogP contribution in [0.5, 0.6) is 0 Å². The second-order valence-corrected chi connectivity index (χ2v) is 4.06. The predicted molar refractivity (Wildman–Crippen MR) is 61.4 cm³/mol. The molecule has 0 bridgehead atoms. The van der Waals surface area contributed by atoms with Gasteiger partial charge in [-0.25, -0.2) is 4.98 Å². The van der Waals surface area contributed by atoms with Crippen molar-refractivity contribution in [2.24, 2.45) is 0 Å². The number of hydrogen-bond acceptors (Lipinski definition) is 5. The molecule has 0 aliphatic heterocycles. The average molecular weight is 246 g/mol. The van der Waals surface area contributed by atoms with E-state index in [0.29, 0.717) is 24.7 Å². The van der Waals surface area contributed by atoms with Gasteiger partial charge in [0.05, 0.1) is 19.1 Å². The number of ether oxygens (including phenoxy) is 1. The van der Waals surface area contributed by atoms with Crippen molar-refractivity contribution >= 4 is 28.1 Å². The van der Waals surface area contributed by atoms with E-state index in [0.717, 1.165) is 11.7 Å². The van der Waals surface area contributed by atoms with Crippen LogP contribution in [0.4, 0.5) is 5.13 Å². The number of halogens is 1. The Labute approximate surface area is 98.1 Å². The first-order valence-electron chi connectivity index (χ1n) is 4.49. The zero-order valence-electron chi connectivity index (χ0n) is 8.44. The number of aromatic nitrogens is 1. The molecule has 0 saturated carbocycles. The van der Waals surface area contributed by atoms with Gasteiger partial charge in [0.25, 0.3) is 0 Å². The highest BCUT2D eigenvalue weighted by Crippen LogP contribution is 2.23. The quantitative estimate of drug-likeness (QED) is 0.771. The van der Waals surface area contributed by atoms with E-state index < -0.39 is 0 Å². The van der Waals surface area contributed by atoms with Gasteiger partial charge < -0.3 is 9.64 Å². The van der Waals surface area contributed by atoms with E-state index in [-0.39, 0.29) is 0 Å². The van der Waals surface area contributed by atoms with Crippen LogP contribution in [0, 0.1) is 11.3 Å². The van der Waals surface area contributed by atoms with E-state index in [1.807, 2.05) is 4.90 Å². The highest BCUT2D eigenvalue weighted by atomic mass is 35.5. The monoisotopic (exact) mass is 245 g/mol. The van der Waals surface area contributed by atoms with Crippen molar-refractivity contribution < 1.29 is 4.74 Å². The topological polar surface area (TPSA) is 49.1 Å². The van der Waals surface area contributed by atoms with Gasteiger partial charge in [0, 0.05) is 25.6 Å². The first-order chi connectivity index (χ1) is 7.27. The maximum atomic E-state index is 8.54. The van der Waals surface area contributed by atoms with Crippen LogP contribution in [0.3, 0.4) is 0 Å². The lowest BCUT2D eigenvalue weighted by molar-refractivity contribution is 0.205. The molecule has 0 amide bonds. The van der Waals surface area contributed by atoms with Gasteiger partial charge >= 0.3 is 0 Å². The number of hydrogen-bond donors (Lipinski definition) is 0. The molecule has 1 aromatic rings. The summed E-state index contributed by atoms with van der Waals surface area (Å²) in [6, 6.07) is 2.11. The van der Waals surface area contributed by atoms with E-state index in [1.54, 1.807) is 12.5 Å². The van der Waals surface area contributed by atoms with Crippen LogP contribution in [0.1, 0.15) is 6.42 Å². The van der Waals surface area contributed by atoms with Crippen LogP contribution < -0.4 is 4.90 Å². The summed E-state index contributed by atoms with van der Waals surface area (Å²) < 4.78 is 5.00. The molecule has 0 aliphatic rings. The summed E-state index contributed by atoms with van der Waals surface area (Å²) in [5.74, 6) is 0. The third kappa shape index (κ3) is 4.04. The minimum Gasteiger partial charge on any atom is -0.383 e. The molecular formula is C9H12ClN3OS. The number of nitriles is 1. The first kappa shape index (κ1) is 12.2. The Bertz CT molecular complexity index is 336. The van der Waals surface area contributed by atoms with Crippen LogP contribution in [0.25, 0.3) is 0 Å². The summed E-state index contributed by atoms with van der Waals surface area (Å²) in [4.78, 5) is 6.16. The number of anilines is 1. The molecule has 82 valence electrons. The van der Waals surface area contributed by atoms with Crippen LogP contribution >= 0.6 is 22.9 Å². The molecule has 1 aromatic heterocycles. The lowest BCUT2D eigenvalue weighted by atomic mass is 10.4. The number of nitrogens with zero attached hydrogens (tertiary/aromatic N) is 3. The summed E-state index contributed by atoms with van der Waals surface area (Å²) in [6.45, 7) is 1.99. The van der Waals surface area contributed by atoms with Gasteiger partial charge in [-0.1, -0.05) is 11.6 Å². The second kappa shape index (κ2) is 6.62. The van der Waals surface area contributed by atoms with Gasteiger partial charge in [-0.05, 0) is 0 Å². The van der Waals surface area contributed by atoms with E-state index in [9.17, 15) is 0 Å². The van der Waals surface area contributed by atoms with Gasteiger partial charge in [-0.15, -0.1) is 11.3 Å². The van der Waals surface area contributed by atoms with E-state index in [2.05, 4.69) is 11.1 Å². The Morgan fingerprint density at radius 3 is 3.00 bits per heavy atom. The van der Waals surface area contributed by atoms with Gasteiger partial charge in [0.15, 0.2) is 5.13 Å². The van der Waals surface area contributed by atoms with E-state index >= 15 is 0 Å². The van der Waals surface area contributed by atoms with Crippen molar-refractivity contribution in [3.8, 4) is 6.07 Å². The van der Waals surface area contributed by atoms with Crippen molar-refractivity contribution in [3.05, 3.63) is 10.5 Å². The Balaban J connectivity index is 2.59. The maximum absolute atomic E-state index is 8.54. The van der Waals surface area contributed by atoms with Crippen LogP contribution in [0.15, 0.2) is 5.38 Å². The summed E-state index contributed by atoms with van der Waals surface area (Å²) in [7, 11) is 1.65. The minimum absolute atomic E-state index is 0.473. The molecule has 1 heterocycles. The maximum Gasteiger partial charge on any atom is 0.186 e. The van der Waals surface area contributed by atoms with Gasteiger partial charge in [-0.2, -0.15) is 5.26 Å². The fraction of sp³-hybridized carbons (Fsp3) is 0.556. The average Bonchev–Trinajstić information content (AvgIpc) is 2.65. The first-order valence-corrected chi connectivity index (χ1v) is 5.75. The lowest BCUT2D eigenvalue weighted by Gasteiger charge is -2.19. The van der Waals surface area contributed by atoms with Crippen molar-refractivity contribution in [2.45, 2.75) is 6.42 Å². The van der Waals surface area contributed by atoms with Gasteiger partial charge in [0.2, 0.25) is 0 Å². The van der Waals surface area contributed by atoms with Gasteiger partial charge in [-0.3, -0.25) is 0 Å². The molecule has 0 atom stereocenters. The molecular weight excluding hydrogens is 234 g/mol. The molecule has 6 heteroatoms. The Kier molecular flexibility index (Phi) is 5.40. The fourth-order valence-corrected chi connectivity index (χ4v) is 2.08. The molecule has 4 nitrogen and oxygen atoms in total. The van der Waals surface area contributed by atoms with E-state index in [1.165, 1.54) is 11.3 Å². The summed E-state index contributed by atoms with van der Waals surface area (Å²) >= 11 is 7.23. The third-order valence-corrected chi connectivity index (χ3v) is 3.02. The zero-order valence-corrected chi connectivity index (χ0v) is 10.0.